The van der Waals surface area contributed by atoms with Crippen LogP contribution in [0.1, 0.15) is 11.6 Å². The Hall–Kier alpha value is -1.73. The Kier molecular flexibility index (Phi) is 6.51. The molecule has 116 valence electrons. The third kappa shape index (κ3) is 3.89. The smallest absolute Gasteiger partial charge is 0.317 e. The first-order valence-corrected chi connectivity index (χ1v) is 6.53. The predicted octanol–water partition coefficient (Wildman–Crippen LogP) is 0.0160. The van der Waals surface area contributed by atoms with Gasteiger partial charge in [-0.2, -0.15) is 0 Å². The first kappa shape index (κ1) is 17.3. The first-order valence-electron chi connectivity index (χ1n) is 6.53. The number of carboxylic acid groups (broad SMARTS) is 1. The normalized spacial score (nSPS) is 13.1. The van der Waals surface area contributed by atoms with E-state index in [1.807, 2.05) is 6.07 Å². The molecule has 0 spiro atoms. The maximum atomic E-state index is 11.1. The number of nitrogens with zero attached hydrogens (tertiary/aromatic N) is 1. The Labute approximate surface area is 123 Å². The van der Waals surface area contributed by atoms with E-state index >= 15 is 0 Å². The van der Waals surface area contributed by atoms with Gasteiger partial charge >= 0.3 is 5.97 Å². The summed E-state index contributed by atoms with van der Waals surface area (Å²) in [5, 5.41) is 37.8. The molecular weight excluding hydrogens is 274 g/mol. The molecule has 1 rings (SSSR count). The van der Waals surface area contributed by atoms with Crippen molar-refractivity contribution in [1.29, 1.82) is 0 Å². The summed E-state index contributed by atoms with van der Waals surface area (Å²) in [4.78, 5) is 12.5. The zero-order valence-electron chi connectivity index (χ0n) is 11.7. The molecule has 0 bridgehead atoms. The van der Waals surface area contributed by atoms with Crippen molar-refractivity contribution in [2.24, 2.45) is 0 Å². The Bertz CT molecular complexity index is 450. The highest BCUT2D eigenvalue weighted by Crippen LogP contribution is 2.29. The fraction of sp³-hybridized carbons (Fsp3) is 0.400. The number of aliphatic carboxylic acids is 1. The second-order valence-corrected chi connectivity index (χ2v) is 4.81. The van der Waals surface area contributed by atoms with Gasteiger partial charge in [0.25, 0.3) is 0 Å². The number of benzene rings is 1. The maximum Gasteiger partial charge on any atom is 0.317 e. The molecular formula is C15H21NO5. The molecule has 0 saturated heterocycles. The molecule has 6 nitrogen and oxygen atoms in total. The van der Waals surface area contributed by atoms with Crippen LogP contribution in [0.15, 0.2) is 43.0 Å². The van der Waals surface area contributed by atoms with Crippen LogP contribution in [0.25, 0.3) is 0 Å². The van der Waals surface area contributed by atoms with Crippen molar-refractivity contribution < 1.29 is 25.2 Å². The van der Waals surface area contributed by atoms with Crippen LogP contribution in [0, 0.1) is 0 Å². The highest BCUT2D eigenvalue weighted by Gasteiger charge is 2.40. The molecule has 0 heterocycles. The number of hydrogen-bond donors (Lipinski definition) is 4. The summed E-state index contributed by atoms with van der Waals surface area (Å²) in [6.45, 7) is 1.51. The van der Waals surface area contributed by atoms with Gasteiger partial charge in [-0.3, -0.25) is 9.69 Å². The summed E-state index contributed by atoms with van der Waals surface area (Å²) in [6, 6.07) is 8.43. The summed E-state index contributed by atoms with van der Waals surface area (Å²) in [7, 11) is 0. The lowest BCUT2D eigenvalue weighted by Crippen LogP contribution is -2.59. The molecule has 4 N–H and O–H groups in total. The van der Waals surface area contributed by atoms with E-state index in [1.54, 1.807) is 24.3 Å². The van der Waals surface area contributed by atoms with Gasteiger partial charge in [0.05, 0.1) is 37.9 Å². The Balaban J connectivity index is 3.27. The number of aliphatic hydroxyl groups is 3. The molecule has 1 unspecified atom stereocenters. The van der Waals surface area contributed by atoms with Crippen molar-refractivity contribution in [3.8, 4) is 0 Å². The molecule has 0 amide bonds. The fourth-order valence-corrected chi connectivity index (χ4v) is 2.22. The highest BCUT2D eigenvalue weighted by atomic mass is 16.4. The van der Waals surface area contributed by atoms with Crippen molar-refractivity contribution in [2.75, 3.05) is 26.4 Å². The van der Waals surface area contributed by atoms with E-state index < -0.39 is 43.9 Å². The van der Waals surface area contributed by atoms with Crippen LogP contribution in [0.5, 0.6) is 0 Å². The van der Waals surface area contributed by atoms with Crippen LogP contribution < -0.4 is 0 Å². The molecule has 21 heavy (non-hydrogen) atoms. The third-order valence-electron chi connectivity index (χ3n) is 3.50. The summed E-state index contributed by atoms with van der Waals surface area (Å²) < 4.78 is 0. The molecule has 1 atom stereocenters. The second-order valence-electron chi connectivity index (χ2n) is 4.81. The van der Waals surface area contributed by atoms with Crippen molar-refractivity contribution in [3.05, 3.63) is 48.6 Å². The van der Waals surface area contributed by atoms with Gasteiger partial charge in [-0.05, 0) is 5.56 Å². The van der Waals surface area contributed by atoms with Crippen molar-refractivity contribution in [2.45, 2.75) is 11.6 Å². The minimum atomic E-state index is -1.45. The molecule has 0 saturated carbocycles. The summed E-state index contributed by atoms with van der Waals surface area (Å²) in [5.74, 6) is -1.13. The quantitative estimate of drug-likeness (QED) is 0.479. The average Bonchev–Trinajstić information content (AvgIpc) is 2.51. The van der Waals surface area contributed by atoms with Gasteiger partial charge in [0.1, 0.15) is 0 Å². The third-order valence-corrected chi connectivity index (χ3v) is 3.50. The van der Waals surface area contributed by atoms with Gasteiger partial charge in [0, 0.05) is 0 Å². The van der Waals surface area contributed by atoms with Crippen molar-refractivity contribution in [1.82, 2.24) is 4.90 Å². The summed E-state index contributed by atoms with van der Waals surface area (Å²) >= 11 is 0. The van der Waals surface area contributed by atoms with Crippen LogP contribution in [-0.4, -0.2) is 63.2 Å². The van der Waals surface area contributed by atoms with Gasteiger partial charge in [-0.25, -0.2) is 0 Å². The van der Waals surface area contributed by atoms with Gasteiger partial charge in [0.15, 0.2) is 0 Å². The van der Waals surface area contributed by atoms with E-state index in [2.05, 4.69) is 6.58 Å². The maximum absolute atomic E-state index is 11.1. The van der Waals surface area contributed by atoms with Gasteiger partial charge in [-0.15, -0.1) is 6.58 Å². The molecule has 1 aromatic carbocycles. The standard InChI is InChI=1S/C15H21NO5/c1-2-13(12-6-4-3-5-7-12)16(8-14(20)21)15(9-17,10-18)11-19/h2-7,13,17-19H,1,8-11H2,(H,20,21). The molecule has 0 aliphatic rings. The van der Waals surface area contributed by atoms with Gasteiger partial charge in [-0.1, -0.05) is 36.4 Å². The average molecular weight is 295 g/mol. The van der Waals surface area contributed by atoms with Crippen LogP contribution in [-0.2, 0) is 4.79 Å². The lowest BCUT2D eigenvalue weighted by molar-refractivity contribution is -0.144. The van der Waals surface area contributed by atoms with Gasteiger partial charge < -0.3 is 20.4 Å². The van der Waals surface area contributed by atoms with E-state index in [1.165, 1.54) is 11.0 Å². The molecule has 6 heteroatoms. The molecule has 1 aromatic rings. The largest absolute Gasteiger partial charge is 0.480 e. The van der Waals surface area contributed by atoms with Gasteiger partial charge in [0.2, 0.25) is 0 Å². The zero-order valence-corrected chi connectivity index (χ0v) is 11.7. The lowest BCUT2D eigenvalue weighted by Gasteiger charge is -2.43. The SMILES string of the molecule is C=CC(c1ccccc1)N(CC(=O)O)C(CO)(CO)CO. The minimum absolute atomic E-state index is 0.451. The predicted molar refractivity (Wildman–Crippen MR) is 77.7 cm³/mol. The van der Waals surface area contributed by atoms with Crippen LogP contribution in [0.2, 0.25) is 0 Å². The Morgan fingerprint density at radius 2 is 1.71 bits per heavy atom. The number of hydrogen-bond acceptors (Lipinski definition) is 5. The van der Waals surface area contributed by atoms with E-state index in [4.69, 9.17) is 5.11 Å². The number of carbonyl (C=O) groups is 1. The van der Waals surface area contributed by atoms with Crippen molar-refractivity contribution in [3.63, 3.8) is 0 Å². The van der Waals surface area contributed by atoms with E-state index in [9.17, 15) is 20.1 Å². The fourth-order valence-electron chi connectivity index (χ4n) is 2.22. The van der Waals surface area contributed by atoms with E-state index in [0.29, 0.717) is 0 Å². The number of carboxylic acids is 1. The molecule has 0 aliphatic heterocycles. The zero-order chi connectivity index (χ0) is 15.9. The Morgan fingerprint density at radius 3 is 2.10 bits per heavy atom. The number of rotatable bonds is 9. The van der Waals surface area contributed by atoms with E-state index in [-0.39, 0.29) is 0 Å². The molecule has 0 fully saturated rings. The van der Waals surface area contributed by atoms with Crippen LogP contribution in [0.3, 0.4) is 0 Å². The first-order chi connectivity index (χ1) is 10.0. The summed E-state index contributed by atoms with van der Waals surface area (Å²) in [5.41, 5.74) is -0.693. The second kappa shape index (κ2) is 7.90. The monoisotopic (exact) mass is 295 g/mol. The van der Waals surface area contributed by atoms with E-state index in [0.717, 1.165) is 5.56 Å². The molecule has 0 aromatic heterocycles. The topological polar surface area (TPSA) is 101 Å². The van der Waals surface area contributed by atoms with Crippen LogP contribution in [0.4, 0.5) is 0 Å². The Morgan fingerprint density at radius 1 is 1.19 bits per heavy atom. The lowest BCUT2D eigenvalue weighted by atomic mass is 9.94. The number of aliphatic hydroxyl groups excluding tert-OH is 3. The summed E-state index contributed by atoms with van der Waals surface area (Å²) in [6.07, 6.45) is 1.52. The van der Waals surface area contributed by atoms with Crippen LogP contribution >= 0.6 is 0 Å². The molecule has 0 radical (unpaired) electrons. The van der Waals surface area contributed by atoms with Crippen molar-refractivity contribution >= 4 is 5.97 Å². The highest BCUT2D eigenvalue weighted by molar-refractivity contribution is 5.69. The molecule has 0 aliphatic carbocycles. The minimum Gasteiger partial charge on any atom is -0.480 e.